The summed E-state index contributed by atoms with van der Waals surface area (Å²) in [6, 6.07) is 0. The molecule has 0 bridgehead atoms. The summed E-state index contributed by atoms with van der Waals surface area (Å²) in [5, 5.41) is 10.0. The smallest absolute Gasteiger partial charge is 0.311 e. The highest BCUT2D eigenvalue weighted by Gasteiger charge is 2.35. The lowest BCUT2D eigenvalue weighted by atomic mass is 9.90. The van der Waals surface area contributed by atoms with Crippen molar-refractivity contribution < 1.29 is 14.6 Å². The van der Waals surface area contributed by atoms with Crippen LogP contribution in [0.2, 0.25) is 0 Å². The minimum absolute atomic E-state index is 0.0581. The number of ether oxygens (including phenoxy) is 1. The number of rotatable bonds is 17. The van der Waals surface area contributed by atoms with E-state index in [0.717, 1.165) is 12.8 Å². The van der Waals surface area contributed by atoms with Gasteiger partial charge in [0.1, 0.15) is 6.10 Å². The lowest BCUT2D eigenvalue weighted by Gasteiger charge is -2.31. The van der Waals surface area contributed by atoms with E-state index in [-0.39, 0.29) is 18.0 Å². The summed E-state index contributed by atoms with van der Waals surface area (Å²) < 4.78 is 5.48. The summed E-state index contributed by atoms with van der Waals surface area (Å²) in [7, 11) is 0. The molecule has 0 unspecified atom stereocenters. The van der Waals surface area contributed by atoms with Gasteiger partial charge in [-0.15, -0.1) is 0 Å². The minimum atomic E-state index is -0.502. The molecule has 3 nitrogen and oxygen atoms in total. The fourth-order valence-corrected chi connectivity index (χ4v) is 4.25. The molecule has 1 saturated heterocycles. The van der Waals surface area contributed by atoms with Crippen LogP contribution in [0.25, 0.3) is 0 Å². The number of carbonyl (C=O) groups excluding carboxylic acids is 1. The molecular formula is C24H46O3. The summed E-state index contributed by atoms with van der Waals surface area (Å²) in [6.45, 7) is 4.21. The molecule has 0 aromatic rings. The second-order valence-electron chi connectivity index (χ2n) is 8.62. The van der Waals surface area contributed by atoms with Crippen LogP contribution < -0.4 is 0 Å². The third-order valence-electron chi connectivity index (χ3n) is 6.12. The van der Waals surface area contributed by atoms with Crippen LogP contribution in [0.4, 0.5) is 0 Å². The van der Waals surface area contributed by atoms with Gasteiger partial charge in [-0.3, -0.25) is 4.79 Å². The first-order valence-corrected chi connectivity index (χ1v) is 12.1. The Balaban J connectivity index is 1.82. The topological polar surface area (TPSA) is 46.5 Å². The van der Waals surface area contributed by atoms with E-state index in [2.05, 4.69) is 6.92 Å². The summed E-state index contributed by atoms with van der Waals surface area (Å²) >= 11 is 0. The maximum absolute atomic E-state index is 11.8. The van der Waals surface area contributed by atoms with E-state index in [9.17, 15) is 9.90 Å². The van der Waals surface area contributed by atoms with E-state index in [0.29, 0.717) is 12.8 Å². The molecule has 0 aliphatic carbocycles. The van der Waals surface area contributed by atoms with Crippen molar-refractivity contribution in [2.75, 3.05) is 0 Å². The Morgan fingerprint density at radius 1 is 0.778 bits per heavy atom. The molecule has 1 rings (SSSR count). The molecule has 160 valence electrons. The highest BCUT2D eigenvalue weighted by molar-refractivity contribution is 5.74. The van der Waals surface area contributed by atoms with E-state index < -0.39 is 6.10 Å². The highest BCUT2D eigenvalue weighted by Crippen LogP contribution is 2.26. The van der Waals surface area contributed by atoms with Crippen LogP contribution in [0.15, 0.2) is 0 Å². The van der Waals surface area contributed by atoms with Crippen molar-refractivity contribution in [3.63, 3.8) is 0 Å². The van der Waals surface area contributed by atoms with Crippen molar-refractivity contribution in [3.8, 4) is 0 Å². The van der Waals surface area contributed by atoms with Gasteiger partial charge in [0.05, 0.1) is 12.0 Å². The van der Waals surface area contributed by atoms with Crippen LogP contribution in [-0.4, -0.2) is 23.3 Å². The van der Waals surface area contributed by atoms with Gasteiger partial charge in [-0.25, -0.2) is 0 Å². The zero-order chi connectivity index (χ0) is 19.7. The van der Waals surface area contributed by atoms with Crippen LogP contribution >= 0.6 is 0 Å². The molecule has 0 aromatic heterocycles. The van der Waals surface area contributed by atoms with E-state index in [1.807, 2.05) is 6.92 Å². The van der Waals surface area contributed by atoms with Crippen molar-refractivity contribution in [2.45, 2.75) is 142 Å². The molecular weight excluding hydrogens is 336 g/mol. The van der Waals surface area contributed by atoms with Gasteiger partial charge in [0.25, 0.3) is 0 Å². The van der Waals surface area contributed by atoms with Crippen molar-refractivity contribution >= 4 is 5.97 Å². The van der Waals surface area contributed by atoms with E-state index >= 15 is 0 Å². The largest absolute Gasteiger partial charge is 0.462 e. The first-order chi connectivity index (χ1) is 13.2. The van der Waals surface area contributed by atoms with Crippen LogP contribution in [0.1, 0.15) is 129 Å². The monoisotopic (exact) mass is 382 g/mol. The van der Waals surface area contributed by atoms with E-state index in [4.69, 9.17) is 4.74 Å². The quantitative estimate of drug-likeness (QED) is 0.219. The Morgan fingerprint density at radius 2 is 1.22 bits per heavy atom. The molecule has 0 aromatic carbocycles. The predicted octanol–water partition coefficient (Wildman–Crippen LogP) is 6.95. The predicted molar refractivity (Wildman–Crippen MR) is 114 cm³/mol. The number of cyclic esters (lactones) is 1. The molecule has 27 heavy (non-hydrogen) atoms. The fourth-order valence-electron chi connectivity index (χ4n) is 4.25. The molecule has 0 radical (unpaired) electrons. The van der Waals surface area contributed by atoms with Gasteiger partial charge in [0, 0.05) is 6.42 Å². The maximum Gasteiger partial charge on any atom is 0.311 e. The molecule has 1 N–H and O–H groups in total. The average Bonchev–Trinajstić information content (AvgIpc) is 2.64. The molecule has 0 amide bonds. The third-order valence-corrected chi connectivity index (χ3v) is 6.12. The third kappa shape index (κ3) is 11.8. The standard InChI is InChI=1S/C24H46O3/c1-3-5-6-7-8-9-10-11-12-13-14-15-16-17-18-19-21-20-23(25)22(4-2)24(26)27-21/h21-23,25H,3-20H2,1-2H3/t21-,22+,23+/m1/s1. The number of carbonyl (C=O) groups is 1. The fraction of sp³-hybridized carbons (Fsp3) is 0.958. The van der Waals surface area contributed by atoms with Gasteiger partial charge in [-0.2, -0.15) is 0 Å². The SMILES string of the molecule is CCCCCCCCCCCCCCCCC[C@@H]1C[C@H](O)[C@H](CC)C(=O)O1. The molecule has 0 saturated carbocycles. The normalized spacial score (nSPS) is 22.8. The minimum Gasteiger partial charge on any atom is -0.462 e. The Labute approximate surface area is 168 Å². The highest BCUT2D eigenvalue weighted by atomic mass is 16.5. The van der Waals surface area contributed by atoms with Crippen molar-refractivity contribution in [3.05, 3.63) is 0 Å². The van der Waals surface area contributed by atoms with Crippen LogP contribution in [-0.2, 0) is 9.53 Å². The molecule has 1 heterocycles. The number of unbranched alkanes of at least 4 members (excludes halogenated alkanes) is 14. The Morgan fingerprint density at radius 3 is 1.63 bits per heavy atom. The molecule has 1 aliphatic rings. The number of esters is 1. The second kappa shape index (κ2) is 16.4. The lowest BCUT2D eigenvalue weighted by molar-refractivity contribution is -0.170. The molecule has 3 atom stereocenters. The van der Waals surface area contributed by atoms with Gasteiger partial charge in [-0.1, -0.05) is 104 Å². The Kier molecular flexibility index (Phi) is 14.9. The van der Waals surface area contributed by atoms with Crippen LogP contribution in [0.3, 0.4) is 0 Å². The summed E-state index contributed by atoms with van der Waals surface area (Å²) in [5.74, 6) is -0.496. The maximum atomic E-state index is 11.8. The summed E-state index contributed by atoms with van der Waals surface area (Å²) in [4.78, 5) is 11.8. The van der Waals surface area contributed by atoms with E-state index in [1.54, 1.807) is 0 Å². The number of aliphatic hydroxyl groups is 1. The summed E-state index contributed by atoms with van der Waals surface area (Å²) in [6.07, 6.45) is 22.1. The van der Waals surface area contributed by atoms with E-state index in [1.165, 1.54) is 89.9 Å². The number of hydrogen-bond acceptors (Lipinski definition) is 3. The average molecular weight is 383 g/mol. The number of aliphatic hydroxyl groups excluding tert-OH is 1. The zero-order valence-electron chi connectivity index (χ0n) is 18.2. The first kappa shape index (κ1) is 24.5. The van der Waals surface area contributed by atoms with Crippen LogP contribution in [0.5, 0.6) is 0 Å². The molecule has 0 spiro atoms. The Bertz CT molecular complexity index is 356. The molecule has 3 heteroatoms. The van der Waals surface area contributed by atoms with Gasteiger partial charge in [0.2, 0.25) is 0 Å². The van der Waals surface area contributed by atoms with Gasteiger partial charge >= 0.3 is 5.97 Å². The van der Waals surface area contributed by atoms with Gasteiger partial charge < -0.3 is 9.84 Å². The number of hydrogen-bond donors (Lipinski definition) is 1. The van der Waals surface area contributed by atoms with Gasteiger partial charge in [-0.05, 0) is 19.3 Å². The van der Waals surface area contributed by atoms with Crippen molar-refractivity contribution in [2.24, 2.45) is 5.92 Å². The lowest BCUT2D eigenvalue weighted by Crippen LogP contribution is -2.40. The van der Waals surface area contributed by atoms with Crippen molar-refractivity contribution in [1.82, 2.24) is 0 Å². The second-order valence-corrected chi connectivity index (χ2v) is 8.62. The zero-order valence-corrected chi connectivity index (χ0v) is 18.2. The van der Waals surface area contributed by atoms with Crippen molar-refractivity contribution in [1.29, 1.82) is 0 Å². The molecule has 1 fully saturated rings. The van der Waals surface area contributed by atoms with Crippen LogP contribution in [0, 0.1) is 5.92 Å². The summed E-state index contributed by atoms with van der Waals surface area (Å²) in [5.41, 5.74) is 0. The Hall–Kier alpha value is -0.570. The first-order valence-electron chi connectivity index (χ1n) is 12.1. The molecule has 1 aliphatic heterocycles. The van der Waals surface area contributed by atoms with Gasteiger partial charge in [0.15, 0.2) is 0 Å².